The van der Waals surface area contributed by atoms with Crippen molar-refractivity contribution in [1.82, 2.24) is 13.9 Å². The molecule has 0 saturated heterocycles. The van der Waals surface area contributed by atoms with E-state index in [4.69, 9.17) is 5.73 Å². The maximum absolute atomic E-state index is 12.1. The Bertz CT molecular complexity index is 670. The van der Waals surface area contributed by atoms with Crippen LogP contribution in [0.1, 0.15) is 13.3 Å². The molecular formula is C10H18N4O4S. The first-order valence-electron chi connectivity index (χ1n) is 5.73. The SMILES string of the molecule is CCC(CN)NS(=O)(=O)c1cn(C)c(=O)n(C)c1=O. The average molecular weight is 290 g/mol. The molecule has 0 aliphatic heterocycles. The number of aromatic nitrogens is 2. The first-order valence-corrected chi connectivity index (χ1v) is 7.22. The summed E-state index contributed by atoms with van der Waals surface area (Å²) in [5.41, 5.74) is 3.98. The third kappa shape index (κ3) is 3.11. The highest BCUT2D eigenvalue weighted by Gasteiger charge is 2.23. The van der Waals surface area contributed by atoms with Gasteiger partial charge in [-0.25, -0.2) is 17.9 Å². The third-order valence-electron chi connectivity index (χ3n) is 2.80. The number of nitrogens with one attached hydrogen (secondary N) is 1. The van der Waals surface area contributed by atoms with E-state index >= 15 is 0 Å². The van der Waals surface area contributed by atoms with Crippen molar-refractivity contribution in [3.05, 3.63) is 27.0 Å². The molecule has 9 heteroatoms. The predicted molar refractivity (Wildman–Crippen MR) is 70.4 cm³/mol. The van der Waals surface area contributed by atoms with E-state index in [1.807, 2.05) is 0 Å². The van der Waals surface area contributed by atoms with Gasteiger partial charge in [-0.1, -0.05) is 6.92 Å². The normalized spacial score (nSPS) is 13.5. The van der Waals surface area contributed by atoms with E-state index in [9.17, 15) is 18.0 Å². The van der Waals surface area contributed by atoms with Crippen LogP contribution >= 0.6 is 0 Å². The van der Waals surface area contributed by atoms with Gasteiger partial charge in [-0.05, 0) is 6.42 Å². The zero-order chi connectivity index (χ0) is 14.8. The molecule has 108 valence electrons. The molecule has 19 heavy (non-hydrogen) atoms. The van der Waals surface area contributed by atoms with Crippen LogP contribution in [-0.2, 0) is 24.1 Å². The molecule has 0 fully saturated rings. The van der Waals surface area contributed by atoms with Crippen molar-refractivity contribution in [3.63, 3.8) is 0 Å². The minimum atomic E-state index is -4.00. The first kappa shape index (κ1) is 15.6. The van der Waals surface area contributed by atoms with Crippen molar-refractivity contribution < 1.29 is 8.42 Å². The minimum Gasteiger partial charge on any atom is -0.329 e. The molecule has 8 nitrogen and oxygen atoms in total. The van der Waals surface area contributed by atoms with Crippen molar-refractivity contribution in [2.45, 2.75) is 24.3 Å². The largest absolute Gasteiger partial charge is 0.330 e. The average Bonchev–Trinajstić information content (AvgIpc) is 2.37. The summed E-state index contributed by atoms with van der Waals surface area (Å²) >= 11 is 0. The van der Waals surface area contributed by atoms with Gasteiger partial charge >= 0.3 is 5.69 Å². The van der Waals surface area contributed by atoms with Gasteiger partial charge in [0.25, 0.3) is 5.56 Å². The van der Waals surface area contributed by atoms with Crippen LogP contribution < -0.4 is 21.7 Å². The summed E-state index contributed by atoms with van der Waals surface area (Å²) < 4.78 is 28.3. The van der Waals surface area contributed by atoms with E-state index in [1.165, 1.54) is 14.1 Å². The number of nitrogens with zero attached hydrogens (tertiary/aromatic N) is 2. The van der Waals surface area contributed by atoms with Gasteiger partial charge in [0.1, 0.15) is 0 Å². The lowest BCUT2D eigenvalue weighted by atomic mass is 10.2. The quantitative estimate of drug-likeness (QED) is 0.657. The standard InChI is InChI=1S/C10H18N4O4S/c1-4-7(5-11)12-19(17,18)8-6-13(2)10(16)14(3)9(8)15/h6-7,12H,4-5,11H2,1-3H3. The number of hydrogen-bond donors (Lipinski definition) is 2. The molecule has 0 aromatic carbocycles. The summed E-state index contributed by atoms with van der Waals surface area (Å²) in [6.07, 6.45) is 1.51. The van der Waals surface area contributed by atoms with E-state index in [1.54, 1.807) is 6.92 Å². The minimum absolute atomic E-state index is 0.127. The molecule has 1 aromatic rings. The number of hydrogen-bond acceptors (Lipinski definition) is 5. The molecule has 0 radical (unpaired) electrons. The number of sulfonamides is 1. The third-order valence-corrected chi connectivity index (χ3v) is 4.31. The van der Waals surface area contributed by atoms with Gasteiger partial charge in [-0.3, -0.25) is 9.36 Å². The maximum atomic E-state index is 12.1. The van der Waals surface area contributed by atoms with E-state index in [2.05, 4.69) is 4.72 Å². The van der Waals surface area contributed by atoms with Crippen LogP contribution in [0, 0.1) is 0 Å². The molecule has 0 saturated carbocycles. The fourth-order valence-electron chi connectivity index (χ4n) is 1.54. The van der Waals surface area contributed by atoms with Crippen LogP contribution in [0.15, 0.2) is 20.7 Å². The number of aryl methyl sites for hydroxylation is 1. The van der Waals surface area contributed by atoms with Gasteiger partial charge in [0, 0.05) is 32.9 Å². The van der Waals surface area contributed by atoms with Crippen molar-refractivity contribution >= 4 is 10.0 Å². The van der Waals surface area contributed by atoms with E-state index in [0.29, 0.717) is 6.42 Å². The van der Waals surface area contributed by atoms with Crippen LogP contribution in [0.4, 0.5) is 0 Å². The lowest BCUT2D eigenvalue weighted by Gasteiger charge is -2.15. The van der Waals surface area contributed by atoms with Gasteiger partial charge in [-0.15, -0.1) is 0 Å². The second kappa shape index (κ2) is 5.68. The van der Waals surface area contributed by atoms with Crippen LogP contribution in [0.2, 0.25) is 0 Å². The second-order valence-corrected chi connectivity index (χ2v) is 5.90. The molecule has 1 unspecified atom stereocenters. The Morgan fingerprint density at radius 3 is 2.42 bits per heavy atom. The topological polar surface area (TPSA) is 116 Å². The van der Waals surface area contributed by atoms with Gasteiger partial charge in [0.15, 0.2) is 4.90 Å². The highest BCUT2D eigenvalue weighted by atomic mass is 32.2. The van der Waals surface area contributed by atoms with Crippen LogP contribution in [0.3, 0.4) is 0 Å². The Kier molecular flexibility index (Phi) is 4.66. The molecule has 1 heterocycles. The maximum Gasteiger partial charge on any atom is 0.330 e. The van der Waals surface area contributed by atoms with E-state index in [0.717, 1.165) is 15.3 Å². The summed E-state index contributed by atoms with van der Waals surface area (Å²) in [6, 6.07) is -0.452. The van der Waals surface area contributed by atoms with Crippen molar-refractivity contribution in [2.24, 2.45) is 19.8 Å². The van der Waals surface area contributed by atoms with Gasteiger partial charge in [-0.2, -0.15) is 0 Å². The molecule has 3 N–H and O–H groups in total. The van der Waals surface area contributed by atoms with Crippen molar-refractivity contribution in [3.8, 4) is 0 Å². The molecule has 0 aliphatic rings. The highest BCUT2D eigenvalue weighted by Crippen LogP contribution is 2.02. The van der Waals surface area contributed by atoms with E-state index < -0.39 is 32.2 Å². The molecule has 0 amide bonds. The zero-order valence-electron chi connectivity index (χ0n) is 11.1. The Balaban J connectivity index is 3.39. The Hall–Kier alpha value is -1.45. The van der Waals surface area contributed by atoms with Crippen molar-refractivity contribution in [2.75, 3.05) is 6.54 Å². The Morgan fingerprint density at radius 2 is 1.95 bits per heavy atom. The Morgan fingerprint density at radius 1 is 1.37 bits per heavy atom. The lowest BCUT2D eigenvalue weighted by Crippen LogP contribution is -2.45. The summed E-state index contributed by atoms with van der Waals surface area (Å²) in [5.74, 6) is 0. The molecule has 0 aliphatic carbocycles. The molecule has 1 rings (SSSR count). The molecule has 0 spiro atoms. The molecule has 1 atom stereocenters. The summed E-state index contributed by atoms with van der Waals surface area (Å²) in [7, 11) is -1.40. The predicted octanol–water partition coefficient (Wildman–Crippen LogP) is -1.90. The fourth-order valence-corrected chi connectivity index (χ4v) is 3.03. The molecule has 0 bridgehead atoms. The number of rotatable bonds is 5. The second-order valence-electron chi connectivity index (χ2n) is 4.21. The highest BCUT2D eigenvalue weighted by molar-refractivity contribution is 7.89. The fraction of sp³-hybridized carbons (Fsp3) is 0.600. The van der Waals surface area contributed by atoms with Gasteiger partial charge in [0.05, 0.1) is 0 Å². The summed E-state index contributed by atoms with van der Waals surface area (Å²) in [5, 5.41) is 0. The molecular weight excluding hydrogens is 272 g/mol. The smallest absolute Gasteiger partial charge is 0.329 e. The first-order chi connectivity index (χ1) is 8.74. The van der Waals surface area contributed by atoms with Crippen molar-refractivity contribution in [1.29, 1.82) is 0 Å². The van der Waals surface area contributed by atoms with Gasteiger partial charge < -0.3 is 10.3 Å². The zero-order valence-corrected chi connectivity index (χ0v) is 11.9. The lowest BCUT2D eigenvalue weighted by molar-refractivity contribution is 0.536. The summed E-state index contributed by atoms with van der Waals surface area (Å²) in [4.78, 5) is 22.9. The summed E-state index contributed by atoms with van der Waals surface area (Å²) in [6.45, 7) is 1.90. The van der Waals surface area contributed by atoms with Crippen LogP contribution in [0.5, 0.6) is 0 Å². The Labute approximate surface area is 110 Å². The molecule has 1 aromatic heterocycles. The monoisotopic (exact) mass is 290 g/mol. The van der Waals surface area contributed by atoms with Gasteiger partial charge in [0.2, 0.25) is 10.0 Å². The van der Waals surface area contributed by atoms with E-state index in [-0.39, 0.29) is 6.54 Å². The van der Waals surface area contributed by atoms with Crippen LogP contribution in [-0.4, -0.2) is 30.1 Å². The van der Waals surface area contributed by atoms with Crippen LogP contribution in [0.25, 0.3) is 0 Å². The number of nitrogens with two attached hydrogens (primary N) is 1.